The van der Waals surface area contributed by atoms with Gasteiger partial charge in [0.2, 0.25) is 0 Å². The summed E-state index contributed by atoms with van der Waals surface area (Å²) in [6, 6.07) is 3.42. The molecule has 0 bridgehead atoms. The van der Waals surface area contributed by atoms with Crippen molar-refractivity contribution in [2.75, 3.05) is 6.54 Å². The molecule has 0 amide bonds. The summed E-state index contributed by atoms with van der Waals surface area (Å²) in [5.41, 5.74) is 0. The van der Waals surface area contributed by atoms with E-state index in [4.69, 9.17) is 5.11 Å². The first-order valence-electron chi connectivity index (χ1n) is 4.28. The molecule has 1 heterocycles. The minimum absolute atomic E-state index is 0.135. The average molecular weight is 215 g/mol. The Balaban J connectivity index is 2.44. The van der Waals surface area contributed by atoms with Gasteiger partial charge in [-0.2, -0.15) is 0 Å². The summed E-state index contributed by atoms with van der Waals surface area (Å²) in [6.07, 6.45) is -0.644. The highest BCUT2D eigenvalue weighted by Gasteiger charge is 2.17. The van der Waals surface area contributed by atoms with Gasteiger partial charge in [-0.1, -0.05) is 6.07 Å². The minimum atomic E-state index is -0.921. The van der Waals surface area contributed by atoms with Crippen LogP contribution in [0.25, 0.3) is 0 Å². The topological polar surface area (TPSA) is 69.6 Å². The second-order valence-electron chi connectivity index (χ2n) is 3.02. The van der Waals surface area contributed by atoms with Crippen molar-refractivity contribution in [3.63, 3.8) is 0 Å². The van der Waals surface area contributed by atoms with Gasteiger partial charge in [0.05, 0.1) is 6.54 Å². The lowest BCUT2D eigenvalue weighted by molar-refractivity contribution is -0.136. The van der Waals surface area contributed by atoms with Crippen LogP contribution in [0.15, 0.2) is 17.5 Å². The number of hydrogen-bond acceptors (Lipinski definition) is 4. The zero-order valence-corrected chi connectivity index (χ0v) is 8.62. The van der Waals surface area contributed by atoms with Gasteiger partial charge in [0.15, 0.2) is 0 Å². The van der Waals surface area contributed by atoms with Gasteiger partial charge < -0.3 is 15.5 Å². The lowest BCUT2D eigenvalue weighted by atomic mass is 10.1. The molecule has 0 fully saturated rings. The number of aliphatic hydroxyl groups excluding tert-OH is 1. The van der Waals surface area contributed by atoms with Crippen molar-refractivity contribution in [2.24, 2.45) is 0 Å². The van der Waals surface area contributed by atoms with Gasteiger partial charge in [0.25, 0.3) is 0 Å². The Morgan fingerprint density at radius 2 is 2.43 bits per heavy atom. The van der Waals surface area contributed by atoms with E-state index in [1.165, 1.54) is 11.3 Å². The molecule has 0 aliphatic rings. The predicted octanol–water partition coefficient (Wildman–Crippen LogP) is 0.844. The van der Waals surface area contributed by atoms with Crippen LogP contribution in [0.4, 0.5) is 0 Å². The number of thiophene rings is 1. The molecule has 1 rings (SSSR count). The van der Waals surface area contributed by atoms with Crippen LogP contribution in [-0.4, -0.2) is 28.8 Å². The first-order chi connectivity index (χ1) is 6.61. The highest BCUT2D eigenvalue weighted by Crippen LogP contribution is 2.21. The van der Waals surface area contributed by atoms with Gasteiger partial charge >= 0.3 is 5.97 Å². The number of nitrogens with one attached hydrogen (secondary N) is 1. The first kappa shape index (κ1) is 11.2. The molecule has 78 valence electrons. The molecule has 0 aliphatic carbocycles. The van der Waals surface area contributed by atoms with Gasteiger partial charge in [-0.15, -0.1) is 11.3 Å². The average Bonchev–Trinajstić information content (AvgIpc) is 2.65. The van der Waals surface area contributed by atoms with Crippen LogP contribution < -0.4 is 5.32 Å². The molecule has 1 aromatic rings. The Bertz CT molecular complexity index is 286. The minimum Gasteiger partial charge on any atom is -0.480 e. The Morgan fingerprint density at radius 3 is 2.93 bits per heavy atom. The maximum absolute atomic E-state index is 10.3. The van der Waals surface area contributed by atoms with Crippen LogP contribution in [0.3, 0.4) is 0 Å². The number of rotatable bonds is 5. The standard InChI is InChI=1S/C9H13NO3S/c1-6(10-5-8(11)12)9(13)7-3-2-4-14-7/h2-4,6,9-10,13H,5H2,1H3,(H,11,12). The van der Waals surface area contributed by atoms with Crippen LogP contribution in [-0.2, 0) is 4.79 Å². The molecule has 0 aliphatic heterocycles. The molecule has 2 atom stereocenters. The summed E-state index contributed by atoms with van der Waals surface area (Å²) in [5, 5.41) is 22.8. The summed E-state index contributed by atoms with van der Waals surface area (Å²) in [6.45, 7) is 1.62. The van der Waals surface area contributed by atoms with E-state index in [-0.39, 0.29) is 12.6 Å². The van der Waals surface area contributed by atoms with Crippen molar-refractivity contribution < 1.29 is 15.0 Å². The van der Waals surface area contributed by atoms with E-state index in [1.54, 1.807) is 6.92 Å². The Morgan fingerprint density at radius 1 is 1.71 bits per heavy atom. The van der Waals surface area contributed by atoms with Gasteiger partial charge in [-0.05, 0) is 18.4 Å². The van der Waals surface area contributed by atoms with Crippen LogP contribution in [0, 0.1) is 0 Å². The fourth-order valence-corrected chi connectivity index (χ4v) is 1.88. The normalized spacial score (nSPS) is 15.0. The second-order valence-corrected chi connectivity index (χ2v) is 4.00. The van der Waals surface area contributed by atoms with Crippen LogP contribution in [0.2, 0.25) is 0 Å². The number of aliphatic hydroxyl groups is 1. The maximum atomic E-state index is 10.3. The summed E-state index contributed by atoms with van der Waals surface area (Å²) in [4.78, 5) is 11.1. The number of carboxylic acids is 1. The number of carboxylic acid groups (broad SMARTS) is 1. The van der Waals surface area contributed by atoms with Crippen molar-refractivity contribution >= 4 is 17.3 Å². The Labute approximate surface area is 86.2 Å². The molecule has 3 N–H and O–H groups in total. The summed E-state index contributed by atoms with van der Waals surface area (Å²) in [5.74, 6) is -0.921. The molecule has 0 aromatic carbocycles. The fraction of sp³-hybridized carbons (Fsp3) is 0.444. The number of hydrogen-bond donors (Lipinski definition) is 3. The van der Waals surface area contributed by atoms with Crippen LogP contribution >= 0.6 is 11.3 Å². The van der Waals surface area contributed by atoms with Gasteiger partial charge in [0, 0.05) is 10.9 Å². The van der Waals surface area contributed by atoms with Crippen molar-refractivity contribution in [2.45, 2.75) is 19.1 Å². The maximum Gasteiger partial charge on any atom is 0.317 e. The van der Waals surface area contributed by atoms with Crippen molar-refractivity contribution in [3.05, 3.63) is 22.4 Å². The van der Waals surface area contributed by atoms with Gasteiger partial charge in [-0.3, -0.25) is 4.79 Å². The Kier molecular flexibility index (Phi) is 4.06. The number of aliphatic carboxylic acids is 1. The molecular weight excluding hydrogens is 202 g/mol. The predicted molar refractivity (Wildman–Crippen MR) is 54.4 cm³/mol. The first-order valence-corrected chi connectivity index (χ1v) is 5.16. The van der Waals surface area contributed by atoms with Crippen LogP contribution in [0.1, 0.15) is 17.9 Å². The third-order valence-corrected chi connectivity index (χ3v) is 2.83. The SMILES string of the molecule is CC(NCC(=O)O)C(O)c1cccs1. The molecule has 4 nitrogen and oxygen atoms in total. The molecule has 0 radical (unpaired) electrons. The van der Waals surface area contributed by atoms with E-state index in [1.807, 2.05) is 17.5 Å². The lowest BCUT2D eigenvalue weighted by Crippen LogP contribution is -2.35. The molecular formula is C9H13NO3S. The van der Waals surface area contributed by atoms with Crippen molar-refractivity contribution in [1.29, 1.82) is 0 Å². The molecule has 0 saturated heterocycles. The summed E-state index contributed by atoms with van der Waals surface area (Å²) >= 11 is 1.46. The largest absolute Gasteiger partial charge is 0.480 e. The van der Waals surface area contributed by atoms with E-state index in [2.05, 4.69) is 5.32 Å². The van der Waals surface area contributed by atoms with E-state index in [0.29, 0.717) is 0 Å². The summed E-state index contributed by atoms with van der Waals surface area (Å²) < 4.78 is 0. The zero-order chi connectivity index (χ0) is 10.6. The quantitative estimate of drug-likeness (QED) is 0.681. The third kappa shape index (κ3) is 3.10. The second kappa shape index (κ2) is 5.09. The molecule has 0 spiro atoms. The van der Waals surface area contributed by atoms with Crippen molar-refractivity contribution in [3.8, 4) is 0 Å². The Hall–Kier alpha value is -0.910. The van der Waals surface area contributed by atoms with E-state index in [0.717, 1.165) is 4.88 Å². The molecule has 2 unspecified atom stereocenters. The highest BCUT2D eigenvalue weighted by atomic mass is 32.1. The molecule has 1 aromatic heterocycles. The summed E-state index contributed by atoms with van der Waals surface area (Å²) in [7, 11) is 0. The smallest absolute Gasteiger partial charge is 0.317 e. The van der Waals surface area contributed by atoms with E-state index >= 15 is 0 Å². The van der Waals surface area contributed by atoms with Crippen molar-refractivity contribution in [1.82, 2.24) is 5.32 Å². The third-order valence-electron chi connectivity index (χ3n) is 1.88. The van der Waals surface area contributed by atoms with Gasteiger partial charge in [0.1, 0.15) is 6.10 Å². The monoisotopic (exact) mass is 215 g/mol. The van der Waals surface area contributed by atoms with E-state index in [9.17, 15) is 9.90 Å². The molecule has 0 saturated carbocycles. The highest BCUT2D eigenvalue weighted by molar-refractivity contribution is 7.10. The zero-order valence-electron chi connectivity index (χ0n) is 7.80. The lowest BCUT2D eigenvalue weighted by Gasteiger charge is -2.17. The van der Waals surface area contributed by atoms with E-state index < -0.39 is 12.1 Å². The van der Waals surface area contributed by atoms with Gasteiger partial charge in [-0.25, -0.2) is 0 Å². The fourth-order valence-electron chi connectivity index (χ4n) is 1.07. The molecule has 5 heteroatoms. The number of carbonyl (C=O) groups is 1. The molecule has 14 heavy (non-hydrogen) atoms. The van der Waals surface area contributed by atoms with Crippen LogP contribution in [0.5, 0.6) is 0 Å².